The Kier molecular flexibility index (Phi) is 7.49. The number of carbonyl (C=O) groups is 1. The van der Waals surface area contributed by atoms with Crippen LogP contribution in [-0.4, -0.2) is 31.6 Å². The molecule has 21 heavy (non-hydrogen) atoms. The van der Waals surface area contributed by atoms with E-state index in [4.69, 9.17) is 4.74 Å². The summed E-state index contributed by atoms with van der Waals surface area (Å²) in [5.74, 6) is 1.44. The van der Waals surface area contributed by atoms with Crippen LogP contribution in [0, 0.1) is 11.8 Å². The third-order valence-corrected chi connectivity index (χ3v) is 4.32. The van der Waals surface area contributed by atoms with Gasteiger partial charge in [-0.25, -0.2) is 0 Å². The largest absolute Gasteiger partial charge is 0.488 e. The zero-order valence-electron chi connectivity index (χ0n) is 12.3. The lowest BCUT2D eigenvalue weighted by Crippen LogP contribution is -2.50. The Bertz CT molecular complexity index is 469. The van der Waals surface area contributed by atoms with Crippen molar-refractivity contribution in [1.82, 2.24) is 10.6 Å². The molecular formula is C15H22BrClN2O2. The highest BCUT2D eigenvalue weighted by Crippen LogP contribution is 2.24. The summed E-state index contributed by atoms with van der Waals surface area (Å²) in [5, 5.41) is 6.15. The van der Waals surface area contributed by atoms with Crippen molar-refractivity contribution in [3.8, 4) is 5.75 Å². The Balaban J connectivity index is 0.00000220. The molecule has 6 heteroatoms. The second-order valence-corrected chi connectivity index (χ2v) is 6.17. The summed E-state index contributed by atoms with van der Waals surface area (Å²) in [6, 6.07) is 7.71. The Hall–Kier alpha value is -0.780. The van der Waals surface area contributed by atoms with E-state index in [0.717, 1.165) is 23.3 Å². The van der Waals surface area contributed by atoms with Gasteiger partial charge in [-0.3, -0.25) is 4.79 Å². The van der Waals surface area contributed by atoms with Gasteiger partial charge in [0.2, 0.25) is 5.91 Å². The summed E-state index contributed by atoms with van der Waals surface area (Å²) in [6.07, 6.45) is -0.0654. The summed E-state index contributed by atoms with van der Waals surface area (Å²) in [7, 11) is 0. The van der Waals surface area contributed by atoms with Crippen LogP contribution in [0.15, 0.2) is 28.7 Å². The van der Waals surface area contributed by atoms with E-state index in [0.29, 0.717) is 12.5 Å². The maximum absolute atomic E-state index is 12.0. The zero-order valence-corrected chi connectivity index (χ0v) is 14.7. The number of rotatable bonds is 6. The summed E-state index contributed by atoms with van der Waals surface area (Å²) < 4.78 is 6.73. The first-order valence-electron chi connectivity index (χ1n) is 6.97. The van der Waals surface area contributed by atoms with Crippen LogP contribution in [0.3, 0.4) is 0 Å². The van der Waals surface area contributed by atoms with Gasteiger partial charge >= 0.3 is 0 Å². The third-order valence-electron chi connectivity index (χ3n) is 3.66. The molecule has 2 atom stereocenters. The number of hydrogen-bond acceptors (Lipinski definition) is 3. The van der Waals surface area contributed by atoms with E-state index in [9.17, 15) is 4.79 Å². The number of para-hydroxylation sites is 1. The first kappa shape index (κ1) is 18.3. The van der Waals surface area contributed by atoms with Gasteiger partial charge in [-0.1, -0.05) is 19.1 Å². The normalized spacial score (nSPS) is 17.1. The minimum atomic E-state index is -0.0654. The van der Waals surface area contributed by atoms with Crippen LogP contribution in [0.4, 0.5) is 0 Å². The molecule has 0 aliphatic carbocycles. The number of nitrogens with one attached hydrogen (secondary N) is 2. The predicted octanol–water partition coefficient (Wildman–Crippen LogP) is 2.61. The van der Waals surface area contributed by atoms with Crippen molar-refractivity contribution in [2.24, 2.45) is 11.8 Å². The molecule has 1 aromatic rings. The first-order chi connectivity index (χ1) is 9.58. The number of carbonyl (C=O) groups excluding carboxylic acids is 1. The molecule has 1 fully saturated rings. The highest BCUT2D eigenvalue weighted by atomic mass is 79.9. The molecule has 1 saturated heterocycles. The monoisotopic (exact) mass is 376 g/mol. The molecule has 0 bridgehead atoms. The van der Waals surface area contributed by atoms with Crippen molar-refractivity contribution < 1.29 is 9.53 Å². The van der Waals surface area contributed by atoms with Gasteiger partial charge in [0.05, 0.1) is 11.0 Å². The van der Waals surface area contributed by atoms with Gasteiger partial charge in [-0.05, 0) is 54.0 Å². The van der Waals surface area contributed by atoms with Gasteiger partial charge in [0, 0.05) is 5.92 Å². The molecule has 4 nitrogen and oxygen atoms in total. The molecule has 2 rings (SSSR count). The molecule has 0 aromatic heterocycles. The molecule has 1 aliphatic heterocycles. The fourth-order valence-electron chi connectivity index (χ4n) is 2.08. The topological polar surface area (TPSA) is 50.4 Å². The van der Waals surface area contributed by atoms with E-state index < -0.39 is 0 Å². The zero-order chi connectivity index (χ0) is 14.5. The molecule has 118 valence electrons. The van der Waals surface area contributed by atoms with Gasteiger partial charge < -0.3 is 15.4 Å². The molecule has 1 aliphatic rings. The maximum Gasteiger partial charge on any atom is 0.223 e. The highest BCUT2D eigenvalue weighted by molar-refractivity contribution is 9.10. The van der Waals surface area contributed by atoms with Crippen LogP contribution < -0.4 is 15.4 Å². The molecule has 1 heterocycles. The van der Waals surface area contributed by atoms with E-state index in [1.807, 2.05) is 38.1 Å². The quantitative estimate of drug-likeness (QED) is 0.801. The number of amides is 1. The molecular weight excluding hydrogens is 356 g/mol. The summed E-state index contributed by atoms with van der Waals surface area (Å²) in [4.78, 5) is 12.0. The Morgan fingerprint density at radius 3 is 2.67 bits per heavy atom. The van der Waals surface area contributed by atoms with Crippen LogP contribution in [0.2, 0.25) is 0 Å². The lowest BCUT2D eigenvalue weighted by molar-refractivity contribution is -0.127. The van der Waals surface area contributed by atoms with Crippen LogP contribution in [0.5, 0.6) is 5.75 Å². The minimum absolute atomic E-state index is 0. The van der Waals surface area contributed by atoms with Crippen molar-refractivity contribution in [3.05, 3.63) is 28.7 Å². The van der Waals surface area contributed by atoms with Crippen LogP contribution in [0.25, 0.3) is 0 Å². The SMILES string of the molecule is CC(CNC(=O)C(C)C1CNC1)Oc1ccccc1Br.Cl. The fraction of sp³-hybridized carbons (Fsp3) is 0.533. The van der Waals surface area contributed by atoms with Crippen LogP contribution >= 0.6 is 28.3 Å². The van der Waals surface area contributed by atoms with Crippen molar-refractivity contribution in [3.63, 3.8) is 0 Å². The summed E-state index contributed by atoms with van der Waals surface area (Å²) in [6.45, 7) is 6.34. The van der Waals surface area contributed by atoms with Crippen LogP contribution in [-0.2, 0) is 4.79 Å². The smallest absolute Gasteiger partial charge is 0.223 e. The second kappa shape index (κ2) is 8.61. The van der Waals surface area contributed by atoms with E-state index in [1.54, 1.807) is 0 Å². The molecule has 0 spiro atoms. The maximum atomic E-state index is 12.0. The van der Waals surface area contributed by atoms with Gasteiger partial charge in [0.1, 0.15) is 11.9 Å². The lowest BCUT2D eigenvalue weighted by Gasteiger charge is -2.32. The number of ether oxygens (including phenoxy) is 1. The van der Waals surface area contributed by atoms with Crippen molar-refractivity contribution in [2.45, 2.75) is 20.0 Å². The summed E-state index contributed by atoms with van der Waals surface area (Å²) in [5.41, 5.74) is 0. The molecule has 2 N–H and O–H groups in total. The molecule has 0 saturated carbocycles. The van der Waals surface area contributed by atoms with E-state index in [1.165, 1.54) is 0 Å². The number of benzene rings is 1. The van der Waals surface area contributed by atoms with Crippen LogP contribution in [0.1, 0.15) is 13.8 Å². The second-order valence-electron chi connectivity index (χ2n) is 5.31. The summed E-state index contributed by atoms with van der Waals surface area (Å²) >= 11 is 3.44. The third kappa shape index (κ3) is 5.16. The average Bonchev–Trinajstić information content (AvgIpc) is 2.36. The lowest BCUT2D eigenvalue weighted by atomic mass is 9.88. The molecule has 1 aromatic carbocycles. The van der Waals surface area contributed by atoms with E-state index >= 15 is 0 Å². The average molecular weight is 378 g/mol. The number of halogens is 2. The van der Waals surface area contributed by atoms with Crippen molar-refractivity contribution in [1.29, 1.82) is 0 Å². The van der Waals surface area contributed by atoms with Gasteiger partial charge in [0.25, 0.3) is 0 Å². The Labute approximate surface area is 140 Å². The van der Waals surface area contributed by atoms with Crippen molar-refractivity contribution >= 4 is 34.2 Å². The Morgan fingerprint density at radius 1 is 1.43 bits per heavy atom. The highest BCUT2D eigenvalue weighted by Gasteiger charge is 2.28. The van der Waals surface area contributed by atoms with Gasteiger partial charge in [-0.15, -0.1) is 12.4 Å². The van der Waals surface area contributed by atoms with E-state index in [2.05, 4.69) is 26.6 Å². The fourth-order valence-corrected chi connectivity index (χ4v) is 2.46. The standard InChI is InChI=1S/C15H21BrN2O2.ClH/c1-10(20-14-6-4-3-5-13(14)16)7-18-15(19)11(2)12-8-17-9-12;/h3-6,10-12,17H,7-9H2,1-2H3,(H,18,19);1H. The molecule has 0 radical (unpaired) electrons. The van der Waals surface area contributed by atoms with E-state index in [-0.39, 0.29) is 30.3 Å². The number of hydrogen-bond donors (Lipinski definition) is 2. The minimum Gasteiger partial charge on any atom is -0.488 e. The molecule has 2 unspecified atom stereocenters. The first-order valence-corrected chi connectivity index (χ1v) is 7.77. The van der Waals surface area contributed by atoms with Gasteiger partial charge in [0.15, 0.2) is 0 Å². The molecule has 1 amide bonds. The Morgan fingerprint density at radius 2 is 2.10 bits per heavy atom. The predicted molar refractivity (Wildman–Crippen MR) is 90.0 cm³/mol. The van der Waals surface area contributed by atoms with Gasteiger partial charge in [-0.2, -0.15) is 0 Å². The van der Waals surface area contributed by atoms with Crippen molar-refractivity contribution in [2.75, 3.05) is 19.6 Å².